The largest absolute Gasteiger partial charge is 0.349 e. The predicted octanol–water partition coefficient (Wildman–Crippen LogP) is 3.27. The highest BCUT2D eigenvalue weighted by Gasteiger charge is 2.22. The van der Waals surface area contributed by atoms with E-state index in [2.05, 4.69) is 5.10 Å². The van der Waals surface area contributed by atoms with Crippen LogP contribution in [0.1, 0.15) is 24.3 Å². The molecule has 3 rings (SSSR count). The van der Waals surface area contributed by atoms with Gasteiger partial charge in [-0.05, 0) is 44.2 Å². The fraction of sp³-hybridized carbons (Fsp3) is 0.263. The molecule has 2 aromatic heterocycles. The third-order valence-corrected chi connectivity index (χ3v) is 4.49. The minimum atomic E-state index is -0.454. The number of carbonyl (C=O) groups is 1. The molecule has 0 saturated heterocycles. The van der Waals surface area contributed by atoms with Crippen molar-refractivity contribution in [2.45, 2.75) is 13.8 Å². The Balaban J connectivity index is 2.12. The Kier molecular flexibility index (Phi) is 5.07. The highest BCUT2D eigenvalue weighted by molar-refractivity contribution is 5.94. The van der Waals surface area contributed by atoms with Crippen LogP contribution in [0.25, 0.3) is 17.1 Å². The molecule has 0 spiro atoms. The van der Waals surface area contributed by atoms with Crippen LogP contribution in [0.4, 0.5) is 5.69 Å². The van der Waals surface area contributed by atoms with Gasteiger partial charge in [0.05, 0.1) is 16.3 Å². The molecule has 8 nitrogen and oxygen atoms in total. The van der Waals surface area contributed by atoms with Crippen molar-refractivity contribution >= 4 is 11.6 Å². The van der Waals surface area contributed by atoms with E-state index in [1.165, 1.54) is 12.1 Å². The molecule has 0 unspecified atom stereocenters. The number of nitro benzene ring substituents is 1. The van der Waals surface area contributed by atoms with Crippen molar-refractivity contribution in [3.8, 4) is 17.1 Å². The quantitative estimate of drug-likeness (QED) is 0.494. The maximum Gasteiger partial charge on any atom is 0.272 e. The summed E-state index contributed by atoms with van der Waals surface area (Å²) in [4.78, 5) is 25.2. The highest BCUT2D eigenvalue weighted by atomic mass is 16.6. The van der Waals surface area contributed by atoms with Gasteiger partial charge < -0.3 is 9.47 Å². The van der Waals surface area contributed by atoms with Gasteiger partial charge in [-0.15, -0.1) is 0 Å². The first-order chi connectivity index (χ1) is 13.0. The topological polar surface area (TPSA) is 86.2 Å². The minimum Gasteiger partial charge on any atom is -0.349 e. The van der Waals surface area contributed by atoms with Gasteiger partial charge in [0.25, 0.3) is 11.6 Å². The molecule has 0 radical (unpaired) electrons. The first kappa shape index (κ1) is 18.4. The molecule has 0 atom stereocenters. The van der Waals surface area contributed by atoms with Gasteiger partial charge in [-0.1, -0.05) is 0 Å². The van der Waals surface area contributed by atoms with Crippen molar-refractivity contribution in [1.29, 1.82) is 0 Å². The number of amides is 1. The first-order valence-corrected chi connectivity index (χ1v) is 8.72. The number of benzene rings is 1. The van der Waals surface area contributed by atoms with E-state index in [0.29, 0.717) is 30.2 Å². The summed E-state index contributed by atoms with van der Waals surface area (Å²) in [6.07, 6.45) is 1.91. The smallest absolute Gasteiger partial charge is 0.272 e. The van der Waals surface area contributed by atoms with Crippen LogP contribution < -0.4 is 0 Å². The van der Waals surface area contributed by atoms with E-state index in [1.807, 2.05) is 43.8 Å². The van der Waals surface area contributed by atoms with Crippen LogP contribution in [0.2, 0.25) is 0 Å². The second-order valence-electron chi connectivity index (χ2n) is 6.08. The van der Waals surface area contributed by atoms with E-state index < -0.39 is 4.92 Å². The summed E-state index contributed by atoms with van der Waals surface area (Å²) >= 11 is 0. The number of nitro groups is 1. The average molecular weight is 367 g/mol. The molecule has 8 heteroatoms. The number of hydrogen-bond donors (Lipinski definition) is 0. The fourth-order valence-corrected chi connectivity index (χ4v) is 2.97. The van der Waals surface area contributed by atoms with Crippen LogP contribution in [0.3, 0.4) is 0 Å². The fourth-order valence-electron chi connectivity index (χ4n) is 2.97. The lowest BCUT2D eigenvalue weighted by atomic mass is 10.2. The third kappa shape index (κ3) is 3.46. The number of aryl methyl sites for hydroxylation is 1. The lowest BCUT2D eigenvalue weighted by Crippen LogP contribution is -2.32. The molecule has 0 saturated carbocycles. The maximum atomic E-state index is 13.0. The monoisotopic (exact) mass is 367 g/mol. The van der Waals surface area contributed by atoms with Gasteiger partial charge in [0, 0.05) is 38.5 Å². The summed E-state index contributed by atoms with van der Waals surface area (Å²) in [6.45, 7) is 5.01. The van der Waals surface area contributed by atoms with Crippen molar-refractivity contribution in [3.63, 3.8) is 0 Å². The maximum absolute atomic E-state index is 13.0. The zero-order valence-electron chi connectivity index (χ0n) is 15.5. The number of aromatic nitrogens is 3. The Morgan fingerprint density at radius 2 is 1.85 bits per heavy atom. The molecule has 0 N–H and O–H groups in total. The molecule has 27 heavy (non-hydrogen) atoms. The van der Waals surface area contributed by atoms with Crippen LogP contribution in [0.15, 0.2) is 48.7 Å². The summed E-state index contributed by atoms with van der Waals surface area (Å²) in [6, 6.07) is 11.6. The lowest BCUT2D eigenvalue weighted by molar-refractivity contribution is -0.384. The zero-order chi connectivity index (χ0) is 19.6. The lowest BCUT2D eigenvalue weighted by Gasteiger charge is -2.19. The minimum absolute atomic E-state index is 0.00909. The van der Waals surface area contributed by atoms with Crippen molar-refractivity contribution in [1.82, 2.24) is 19.2 Å². The Morgan fingerprint density at radius 1 is 1.19 bits per heavy atom. The number of hydrogen-bond acceptors (Lipinski definition) is 4. The van der Waals surface area contributed by atoms with Crippen molar-refractivity contribution in [3.05, 3.63) is 64.5 Å². The van der Waals surface area contributed by atoms with Crippen LogP contribution in [0, 0.1) is 10.1 Å². The Labute approximate surface area is 156 Å². The van der Waals surface area contributed by atoms with E-state index >= 15 is 0 Å². The van der Waals surface area contributed by atoms with Crippen molar-refractivity contribution in [2.75, 3.05) is 13.1 Å². The summed E-state index contributed by atoms with van der Waals surface area (Å²) in [5.74, 6) is -0.133. The Hall–Kier alpha value is -3.42. The van der Waals surface area contributed by atoms with Crippen molar-refractivity contribution in [2.24, 2.45) is 7.05 Å². The molecule has 0 fully saturated rings. The molecule has 0 aliphatic heterocycles. The second-order valence-corrected chi connectivity index (χ2v) is 6.08. The second kappa shape index (κ2) is 7.45. The predicted molar refractivity (Wildman–Crippen MR) is 102 cm³/mol. The van der Waals surface area contributed by atoms with Gasteiger partial charge in [-0.2, -0.15) is 5.10 Å². The van der Waals surface area contributed by atoms with E-state index in [4.69, 9.17) is 0 Å². The Morgan fingerprint density at radius 3 is 2.37 bits per heavy atom. The molecule has 2 heterocycles. The SMILES string of the molecule is CCN(CC)C(=O)c1cc(-c2cccn2C)nn1-c1ccc([N+](=O)[O-])cc1. The van der Waals surface area contributed by atoms with Gasteiger partial charge in [0.15, 0.2) is 0 Å². The van der Waals surface area contributed by atoms with Crippen LogP contribution in [-0.2, 0) is 7.05 Å². The number of non-ortho nitro benzene ring substituents is 1. The molecular weight excluding hydrogens is 346 g/mol. The summed E-state index contributed by atoms with van der Waals surface area (Å²) in [7, 11) is 1.91. The van der Waals surface area contributed by atoms with Gasteiger partial charge in [0.1, 0.15) is 11.4 Å². The summed E-state index contributed by atoms with van der Waals surface area (Å²) in [5, 5.41) is 15.5. The third-order valence-electron chi connectivity index (χ3n) is 4.49. The molecule has 1 aromatic carbocycles. The number of nitrogens with zero attached hydrogens (tertiary/aromatic N) is 5. The van der Waals surface area contributed by atoms with E-state index in [9.17, 15) is 14.9 Å². The molecule has 0 aliphatic rings. The van der Waals surface area contributed by atoms with E-state index in [-0.39, 0.29) is 11.6 Å². The normalized spacial score (nSPS) is 10.8. The van der Waals surface area contributed by atoms with Gasteiger partial charge >= 0.3 is 0 Å². The first-order valence-electron chi connectivity index (χ1n) is 8.72. The molecule has 1 amide bonds. The summed E-state index contributed by atoms with van der Waals surface area (Å²) < 4.78 is 3.47. The van der Waals surface area contributed by atoms with Gasteiger partial charge in [-0.3, -0.25) is 14.9 Å². The average Bonchev–Trinajstić information content (AvgIpc) is 3.28. The molecule has 0 bridgehead atoms. The Bertz CT molecular complexity index is 968. The molecular formula is C19H21N5O3. The van der Waals surface area contributed by atoms with Crippen LogP contribution in [0.5, 0.6) is 0 Å². The zero-order valence-corrected chi connectivity index (χ0v) is 15.5. The van der Waals surface area contributed by atoms with Gasteiger partial charge in [-0.25, -0.2) is 4.68 Å². The van der Waals surface area contributed by atoms with Crippen LogP contribution >= 0.6 is 0 Å². The standard InChI is InChI=1S/C19H21N5O3/c1-4-22(5-2)19(25)18-13-16(17-7-6-12-21(17)3)20-23(18)14-8-10-15(11-9-14)24(26)27/h6-13H,4-5H2,1-3H3. The van der Waals surface area contributed by atoms with E-state index in [0.717, 1.165) is 5.69 Å². The molecule has 140 valence electrons. The highest BCUT2D eigenvalue weighted by Crippen LogP contribution is 2.24. The van der Waals surface area contributed by atoms with Crippen molar-refractivity contribution < 1.29 is 9.72 Å². The number of carbonyl (C=O) groups excluding carboxylic acids is 1. The van der Waals surface area contributed by atoms with Crippen LogP contribution in [-0.4, -0.2) is 43.2 Å². The molecule has 3 aromatic rings. The number of rotatable bonds is 6. The van der Waals surface area contributed by atoms with Gasteiger partial charge in [0.2, 0.25) is 0 Å². The van der Waals surface area contributed by atoms with E-state index in [1.54, 1.807) is 27.8 Å². The summed E-state index contributed by atoms with van der Waals surface area (Å²) in [5.41, 5.74) is 2.55. The molecule has 0 aliphatic carbocycles.